The Balaban J connectivity index is 1.91. The Bertz CT molecular complexity index is 281. The van der Waals surface area contributed by atoms with Crippen molar-refractivity contribution in [3.8, 4) is 0 Å². The minimum Gasteiger partial charge on any atom is -0.347 e. The van der Waals surface area contributed by atoms with Crippen molar-refractivity contribution >= 4 is 0 Å². The van der Waals surface area contributed by atoms with Crippen LogP contribution in [0.25, 0.3) is 0 Å². The molecule has 0 saturated heterocycles. The Morgan fingerprint density at radius 2 is 2.47 bits per heavy atom. The maximum Gasteiger partial charge on any atom is 0.123 e. The first kappa shape index (κ1) is 10.7. The van der Waals surface area contributed by atoms with E-state index in [4.69, 9.17) is 0 Å². The first-order valence-electron chi connectivity index (χ1n) is 6.05. The van der Waals surface area contributed by atoms with Crippen LogP contribution >= 0.6 is 0 Å². The third-order valence-corrected chi connectivity index (χ3v) is 3.39. The summed E-state index contributed by atoms with van der Waals surface area (Å²) < 4.78 is 0. The third-order valence-electron chi connectivity index (χ3n) is 3.39. The average Bonchev–Trinajstić information content (AvgIpc) is 2.85. The fourth-order valence-electron chi connectivity index (χ4n) is 2.50. The number of hydrogen-bond acceptors (Lipinski definition) is 2. The van der Waals surface area contributed by atoms with Crippen LogP contribution in [-0.4, -0.2) is 16.0 Å². The maximum absolute atomic E-state index is 4.33. The van der Waals surface area contributed by atoms with Crippen molar-refractivity contribution in [1.29, 1.82) is 0 Å². The molecule has 1 aliphatic carbocycles. The van der Waals surface area contributed by atoms with Crippen LogP contribution in [0.2, 0.25) is 0 Å². The third kappa shape index (κ3) is 2.59. The zero-order chi connectivity index (χ0) is 10.7. The Hall–Kier alpha value is -0.830. The van der Waals surface area contributed by atoms with Gasteiger partial charge in [-0.2, -0.15) is 0 Å². The molecule has 0 radical (unpaired) electrons. The molecule has 0 aromatic carbocycles. The predicted molar refractivity (Wildman–Crippen MR) is 61.6 cm³/mol. The quantitative estimate of drug-likeness (QED) is 0.797. The van der Waals surface area contributed by atoms with Crippen LogP contribution in [0.15, 0.2) is 12.4 Å². The van der Waals surface area contributed by atoms with Gasteiger partial charge in [0.05, 0.1) is 6.04 Å². The van der Waals surface area contributed by atoms with E-state index in [1.165, 1.54) is 19.3 Å². The average molecular weight is 207 g/mol. The van der Waals surface area contributed by atoms with Crippen LogP contribution in [0.4, 0.5) is 0 Å². The Morgan fingerprint density at radius 3 is 3.00 bits per heavy atom. The van der Waals surface area contributed by atoms with E-state index >= 15 is 0 Å². The van der Waals surface area contributed by atoms with Crippen LogP contribution in [0.5, 0.6) is 0 Å². The molecular formula is C12H21N3. The predicted octanol–water partition coefficient (Wildman–Crippen LogP) is 2.64. The monoisotopic (exact) mass is 207 g/mol. The normalized spacial score (nSPS) is 28.1. The van der Waals surface area contributed by atoms with Gasteiger partial charge in [0, 0.05) is 18.4 Å². The minimum atomic E-state index is 0.398. The largest absolute Gasteiger partial charge is 0.347 e. The van der Waals surface area contributed by atoms with Crippen molar-refractivity contribution in [2.45, 2.75) is 51.6 Å². The molecule has 0 amide bonds. The van der Waals surface area contributed by atoms with Crippen molar-refractivity contribution in [2.24, 2.45) is 5.92 Å². The molecule has 1 aromatic rings. The molecule has 3 heteroatoms. The van der Waals surface area contributed by atoms with Gasteiger partial charge in [-0.3, -0.25) is 0 Å². The summed E-state index contributed by atoms with van der Waals surface area (Å²) in [5.74, 6) is 1.97. The van der Waals surface area contributed by atoms with Crippen LogP contribution in [0, 0.1) is 5.92 Å². The number of nitrogens with one attached hydrogen (secondary N) is 2. The Morgan fingerprint density at radius 1 is 1.60 bits per heavy atom. The molecule has 0 aliphatic heterocycles. The van der Waals surface area contributed by atoms with E-state index < -0.39 is 0 Å². The van der Waals surface area contributed by atoms with Gasteiger partial charge in [-0.05, 0) is 31.6 Å². The van der Waals surface area contributed by atoms with Crippen molar-refractivity contribution in [3.05, 3.63) is 18.2 Å². The van der Waals surface area contributed by atoms with Crippen molar-refractivity contribution in [1.82, 2.24) is 15.3 Å². The molecule has 1 heterocycles. The molecule has 2 rings (SSSR count). The molecule has 1 aromatic heterocycles. The molecule has 15 heavy (non-hydrogen) atoms. The highest BCUT2D eigenvalue weighted by molar-refractivity contribution is 4.96. The zero-order valence-corrected chi connectivity index (χ0v) is 9.66. The van der Waals surface area contributed by atoms with Gasteiger partial charge in [0.15, 0.2) is 0 Å². The summed E-state index contributed by atoms with van der Waals surface area (Å²) in [6.45, 7) is 4.55. The van der Waals surface area contributed by atoms with Gasteiger partial charge < -0.3 is 10.3 Å². The van der Waals surface area contributed by atoms with Gasteiger partial charge in [-0.25, -0.2) is 4.98 Å². The number of rotatable bonds is 4. The highest BCUT2D eigenvalue weighted by Gasteiger charge is 2.24. The van der Waals surface area contributed by atoms with Crippen molar-refractivity contribution in [2.75, 3.05) is 0 Å². The zero-order valence-electron chi connectivity index (χ0n) is 9.66. The van der Waals surface area contributed by atoms with Gasteiger partial charge in [0.25, 0.3) is 0 Å². The fraction of sp³-hybridized carbons (Fsp3) is 0.750. The molecule has 1 fully saturated rings. The summed E-state index contributed by atoms with van der Waals surface area (Å²) in [6.07, 6.45) is 8.83. The van der Waals surface area contributed by atoms with Gasteiger partial charge in [0.1, 0.15) is 5.82 Å². The van der Waals surface area contributed by atoms with E-state index in [-0.39, 0.29) is 0 Å². The molecule has 0 bridgehead atoms. The van der Waals surface area contributed by atoms with Gasteiger partial charge in [-0.1, -0.05) is 13.8 Å². The van der Waals surface area contributed by atoms with Gasteiger partial charge >= 0.3 is 0 Å². The van der Waals surface area contributed by atoms with E-state index in [2.05, 4.69) is 29.1 Å². The van der Waals surface area contributed by atoms with E-state index in [1.807, 2.05) is 12.4 Å². The summed E-state index contributed by atoms with van der Waals surface area (Å²) in [7, 11) is 0. The second-order valence-corrected chi connectivity index (χ2v) is 4.72. The lowest BCUT2D eigenvalue weighted by molar-refractivity contribution is 0.410. The Labute approximate surface area is 91.7 Å². The summed E-state index contributed by atoms with van der Waals surface area (Å²) in [5.41, 5.74) is 0. The van der Waals surface area contributed by atoms with E-state index in [0.29, 0.717) is 12.1 Å². The second kappa shape index (κ2) is 4.79. The highest BCUT2D eigenvalue weighted by Crippen LogP contribution is 2.27. The molecule has 84 valence electrons. The summed E-state index contributed by atoms with van der Waals surface area (Å²) in [4.78, 5) is 7.53. The summed E-state index contributed by atoms with van der Waals surface area (Å²) in [5, 5.41) is 3.70. The fourth-order valence-corrected chi connectivity index (χ4v) is 2.50. The van der Waals surface area contributed by atoms with Crippen LogP contribution < -0.4 is 5.32 Å². The van der Waals surface area contributed by atoms with Crippen molar-refractivity contribution < 1.29 is 0 Å². The summed E-state index contributed by atoms with van der Waals surface area (Å²) >= 11 is 0. The van der Waals surface area contributed by atoms with Crippen molar-refractivity contribution in [3.63, 3.8) is 0 Å². The molecule has 0 spiro atoms. The molecular weight excluding hydrogens is 186 g/mol. The number of aromatic nitrogens is 2. The summed E-state index contributed by atoms with van der Waals surface area (Å²) in [6, 6.07) is 1.09. The lowest BCUT2D eigenvalue weighted by Crippen LogP contribution is -2.31. The van der Waals surface area contributed by atoms with E-state index in [9.17, 15) is 0 Å². The second-order valence-electron chi connectivity index (χ2n) is 4.72. The molecule has 1 saturated carbocycles. The van der Waals surface area contributed by atoms with Gasteiger partial charge in [0.2, 0.25) is 0 Å². The Kier molecular flexibility index (Phi) is 3.41. The van der Waals surface area contributed by atoms with Crippen LogP contribution in [-0.2, 0) is 0 Å². The van der Waals surface area contributed by atoms with Crippen LogP contribution in [0.1, 0.15) is 51.4 Å². The molecule has 3 unspecified atom stereocenters. The number of aromatic amines is 1. The maximum atomic E-state index is 4.33. The van der Waals surface area contributed by atoms with Crippen LogP contribution in [0.3, 0.4) is 0 Å². The van der Waals surface area contributed by atoms with E-state index in [0.717, 1.165) is 18.2 Å². The number of hydrogen-bond donors (Lipinski definition) is 2. The first-order chi connectivity index (χ1) is 7.29. The lowest BCUT2D eigenvalue weighted by atomic mass is 10.1. The number of imidazole rings is 1. The molecule has 3 nitrogen and oxygen atoms in total. The van der Waals surface area contributed by atoms with Gasteiger partial charge in [-0.15, -0.1) is 0 Å². The standard InChI is InChI=1S/C12H21N3/c1-3-11(12-13-6-7-14-12)15-10-5-4-9(2)8-10/h6-7,9-11,15H,3-5,8H2,1-2H3,(H,13,14). The molecule has 1 aliphatic rings. The first-order valence-corrected chi connectivity index (χ1v) is 6.05. The minimum absolute atomic E-state index is 0.398. The number of H-pyrrole nitrogens is 1. The smallest absolute Gasteiger partial charge is 0.123 e. The topological polar surface area (TPSA) is 40.7 Å². The SMILES string of the molecule is CCC(NC1CCC(C)C1)c1ncc[nH]1. The van der Waals surface area contributed by atoms with E-state index in [1.54, 1.807) is 0 Å². The lowest BCUT2D eigenvalue weighted by Gasteiger charge is -2.20. The molecule has 2 N–H and O–H groups in total. The number of nitrogens with zero attached hydrogens (tertiary/aromatic N) is 1. The molecule has 3 atom stereocenters. The highest BCUT2D eigenvalue weighted by atomic mass is 15.0.